The van der Waals surface area contributed by atoms with E-state index in [1.54, 1.807) is 0 Å². The Kier molecular flexibility index (Phi) is 2.45. The Labute approximate surface area is 91.2 Å². The summed E-state index contributed by atoms with van der Waals surface area (Å²) in [5, 5.41) is 17.5. The molecule has 16 heavy (non-hydrogen) atoms. The van der Waals surface area contributed by atoms with Crippen LogP contribution in [0.4, 0.5) is 9.59 Å². The van der Waals surface area contributed by atoms with E-state index in [1.165, 1.54) is 0 Å². The average molecular weight is 228 g/mol. The van der Waals surface area contributed by atoms with Crippen LogP contribution >= 0.6 is 0 Å². The van der Waals surface area contributed by atoms with Crippen LogP contribution in [0.2, 0.25) is 0 Å². The van der Waals surface area contributed by atoms with E-state index in [0.717, 1.165) is 9.80 Å². The van der Waals surface area contributed by atoms with Gasteiger partial charge in [-0.2, -0.15) is 0 Å². The average Bonchev–Trinajstić information content (AvgIpc) is 1.95. The molecule has 2 atom stereocenters. The Bertz CT molecular complexity index is 324. The number of ketones is 1. The number of carboxylic acid groups (broad SMARTS) is 2. The van der Waals surface area contributed by atoms with Gasteiger partial charge in [0.1, 0.15) is 0 Å². The molecule has 2 aliphatic rings. The summed E-state index contributed by atoms with van der Waals surface area (Å²) in [7, 11) is 0. The predicted octanol–water partition coefficient (Wildman–Crippen LogP) is 0.0601. The maximum absolute atomic E-state index is 11.8. The molecule has 2 amide bonds. The lowest BCUT2D eigenvalue weighted by atomic mass is 9.88. The number of rotatable bonds is 2. The molecule has 2 saturated heterocycles. The van der Waals surface area contributed by atoms with E-state index in [-0.39, 0.29) is 5.78 Å². The van der Waals surface area contributed by atoms with Crippen LogP contribution < -0.4 is 0 Å². The molecule has 0 bridgehead atoms. The first-order chi connectivity index (χ1) is 7.52. The number of hydrogen-bond acceptors (Lipinski definition) is 3. The van der Waals surface area contributed by atoms with Gasteiger partial charge in [-0.15, -0.1) is 0 Å². The van der Waals surface area contributed by atoms with Crippen molar-refractivity contribution in [3.63, 3.8) is 0 Å². The lowest BCUT2D eigenvalue weighted by Gasteiger charge is -2.44. The Hall–Kier alpha value is -1.79. The van der Waals surface area contributed by atoms with Crippen molar-refractivity contribution >= 4 is 18.0 Å². The number of likely N-dealkylation sites (tertiary alicyclic amines) is 2. The molecule has 2 aliphatic heterocycles. The first kappa shape index (κ1) is 10.7. The highest BCUT2D eigenvalue weighted by molar-refractivity contribution is 5.95. The predicted molar refractivity (Wildman–Crippen MR) is 51.3 cm³/mol. The Morgan fingerprint density at radius 2 is 1.25 bits per heavy atom. The molecule has 2 fully saturated rings. The van der Waals surface area contributed by atoms with Crippen LogP contribution in [0.15, 0.2) is 0 Å². The van der Waals surface area contributed by atoms with E-state index in [1.807, 2.05) is 0 Å². The molecule has 7 nitrogen and oxygen atoms in total. The van der Waals surface area contributed by atoms with Crippen LogP contribution in [-0.4, -0.2) is 63.2 Å². The summed E-state index contributed by atoms with van der Waals surface area (Å²) in [6.45, 7) is 0.705. The molecular formula is C9H12N2O5. The van der Waals surface area contributed by atoms with Gasteiger partial charge >= 0.3 is 12.2 Å². The zero-order chi connectivity index (χ0) is 11.9. The van der Waals surface area contributed by atoms with Crippen LogP contribution in [0.3, 0.4) is 0 Å². The van der Waals surface area contributed by atoms with Gasteiger partial charge in [-0.1, -0.05) is 0 Å². The van der Waals surface area contributed by atoms with Crippen molar-refractivity contribution in [2.75, 3.05) is 13.1 Å². The van der Waals surface area contributed by atoms with Crippen LogP contribution in [0, 0.1) is 0 Å². The smallest absolute Gasteiger partial charge is 0.407 e. The number of carbonyl (C=O) groups is 3. The molecule has 7 heteroatoms. The summed E-state index contributed by atoms with van der Waals surface area (Å²) in [5.41, 5.74) is 0. The normalized spacial score (nSPS) is 28.0. The second kappa shape index (κ2) is 3.66. The quantitative estimate of drug-likeness (QED) is 0.696. The van der Waals surface area contributed by atoms with Crippen LogP contribution in [0.1, 0.15) is 12.8 Å². The Morgan fingerprint density at radius 3 is 1.44 bits per heavy atom. The molecule has 0 aromatic rings. The lowest BCUT2D eigenvalue weighted by Crippen LogP contribution is -2.64. The Morgan fingerprint density at radius 1 is 0.875 bits per heavy atom. The largest absolute Gasteiger partial charge is 0.465 e. The van der Waals surface area contributed by atoms with E-state index < -0.39 is 24.3 Å². The van der Waals surface area contributed by atoms with Gasteiger partial charge in [0.2, 0.25) is 0 Å². The molecule has 88 valence electrons. The van der Waals surface area contributed by atoms with Crippen molar-refractivity contribution in [1.82, 2.24) is 9.80 Å². The Balaban J connectivity index is 1.98. The van der Waals surface area contributed by atoms with Crippen molar-refractivity contribution in [3.8, 4) is 0 Å². The maximum Gasteiger partial charge on any atom is 0.407 e. The summed E-state index contributed by atoms with van der Waals surface area (Å²) in [6.07, 6.45) is -1.25. The van der Waals surface area contributed by atoms with Gasteiger partial charge in [0.25, 0.3) is 0 Å². The zero-order valence-electron chi connectivity index (χ0n) is 8.50. The fourth-order valence-electron chi connectivity index (χ4n) is 2.05. The van der Waals surface area contributed by atoms with Gasteiger partial charge < -0.3 is 10.2 Å². The van der Waals surface area contributed by atoms with Gasteiger partial charge in [0, 0.05) is 13.1 Å². The highest BCUT2D eigenvalue weighted by Crippen LogP contribution is 2.26. The monoisotopic (exact) mass is 228 g/mol. The van der Waals surface area contributed by atoms with Gasteiger partial charge in [-0.25, -0.2) is 9.59 Å². The molecule has 2 heterocycles. The van der Waals surface area contributed by atoms with Crippen molar-refractivity contribution in [2.24, 2.45) is 0 Å². The minimum Gasteiger partial charge on any atom is -0.465 e. The molecule has 0 aromatic heterocycles. The third-order valence-corrected chi connectivity index (χ3v) is 3.19. The number of amides is 2. The molecule has 0 aliphatic carbocycles. The fraction of sp³-hybridized carbons (Fsp3) is 0.667. The number of carbonyl (C=O) groups excluding carboxylic acids is 1. The van der Waals surface area contributed by atoms with E-state index in [4.69, 9.17) is 10.2 Å². The zero-order valence-corrected chi connectivity index (χ0v) is 8.50. The third kappa shape index (κ3) is 1.48. The van der Waals surface area contributed by atoms with Crippen molar-refractivity contribution in [2.45, 2.75) is 24.9 Å². The first-order valence-electron chi connectivity index (χ1n) is 5.05. The van der Waals surface area contributed by atoms with E-state index in [0.29, 0.717) is 25.9 Å². The fourth-order valence-corrected chi connectivity index (χ4v) is 2.05. The van der Waals surface area contributed by atoms with Crippen LogP contribution in [0.5, 0.6) is 0 Å². The number of Topliss-reactive ketones (excluding diaryl/α,β-unsaturated/α-hetero) is 1. The van der Waals surface area contributed by atoms with E-state index in [2.05, 4.69) is 0 Å². The maximum atomic E-state index is 11.8. The molecule has 2 unspecified atom stereocenters. The minimum atomic E-state index is -1.12. The number of nitrogens with zero attached hydrogens (tertiary/aromatic N) is 2. The summed E-state index contributed by atoms with van der Waals surface area (Å²) >= 11 is 0. The van der Waals surface area contributed by atoms with Crippen molar-refractivity contribution in [3.05, 3.63) is 0 Å². The summed E-state index contributed by atoms with van der Waals surface area (Å²) in [6, 6.07) is -1.30. The SMILES string of the molecule is O=C(C1CCN1C(=O)O)C1CCN1C(=O)O. The van der Waals surface area contributed by atoms with E-state index >= 15 is 0 Å². The highest BCUT2D eigenvalue weighted by Gasteiger charge is 2.46. The molecule has 0 spiro atoms. The molecular weight excluding hydrogens is 216 g/mol. The highest BCUT2D eigenvalue weighted by atomic mass is 16.4. The molecule has 0 radical (unpaired) electrons. The molecule has 0 saturated carbocycles. The minimum absolute atomic E-state index is 0.290. The lowest BCUT2D eigenvalue weighted by molar-refractivity contribution is -0.135. The van der Waals surface area contributed by atoms with Gasteiger partial charge in [-0.3, -0.25) is 14.6 Å². The molecule has 2 N–H and O–H groups in total. The topological polar surface area (TPSA) is 98.2 Å². The third-order valence-electron chi connectivity index (χ3n) is 3.19. The summed E-state index contributed by atoms with van der Waals surface area (Å²) in [5.74, 6) is -0.290. The van der Waals surface area contributed by atoms with Crippen LogP contribution in [-0.2, 0) is 4.79 Å². The summed E-state index contributed by atoms with van der Waals surface area (Å²) in [4.78, 5) is 35.3. The van der Waals surface area contributed by atoms with Crippen molar-refractivity contribution in [1.29, 1.82) is 0 Å². The van der Waals surface area contributed by atoms with Crippen LogP contribution in [0.25, 0.3) is 0 Å². The van der Waals surface area contributed by atoms with E-state index in [9.17, 15) is 14.4 Å². The van der Waals surface area contributed by atoms with Gasteiger partial charge in [0.05, 0.1) is 12.1 Å². The summed E-state index contributed by atoms with van der Waals surface area (Å²) < 4.78 is 0. The van der Waals surface area contributed by atoms with Crippen molar-refractivity contribution < 1.29 is 24.6 Å². The first-order valence-corrected chi connectivity index (χ1v) is 5.05. The second-order valence-corrected chi connectivity index (χ2v) is 3.96. The van der Waals surface area contributed by atoms with Gasteiger partial charge in [-0.05, 0) is 12.8 Å². The second-order valence-electron chi connectivity index (χ2n) is 3.96. The standard InChI is InChI=1S/C9H12N2O5/c12-7(5-1-3-10(5)8(13)14)6-2-4-11(6)9(15)16/h5-6H,1-4H2,(H,13,14)(H,15,16). The van der Waals surface area contributed by atoms with Gasteiger partial charge in [0.15, 0.2) is 5.78 Å². The molecule has 0 aromatic carbocycles. The number of hydrogen-bond donors (Lipinski definition) is 2. The molecule has 2 rings (SSSR count).